The zero-order valence-electron chi connectivity index (χ0n) is 11.3. The topological polar surface area (TPSA) is 4.93 Å². The van der Waals surface area contributed by atoms with Crippen LogP contribution in [0.1, 0.15) is 44.6 Å². The summed E-state index contributed by atoms with van der Waals surface area (Å²) in [5, 5.41) is 0. The number of aryl methyl sites for hydroxylation is 1. The summed E-state index contributed by atoms with van der Waals surface area (Å²) in [5.41, 5.74) is 2.71. The van der Waals surface area contributed by atoms with E-state index in [0.29, 0.717) is 0 Å². The van der Waals surface area contributed by atoms with Gasteiger partial charge in [-0.1, -0.05) is 44.7 Å². The summed E-state index contributed by atoms with van der Waals surface area (Å²) < 4.78 is 2.14. The van der Waals surface area contributed by atoms with E-state index in [-0.39, 0.29) is 0 Å². The molecule has 0 saturated heterocycles. The first-order chi connectivity index (χ1) is 8.90. The van der Waals surface area contributed by atoms with E-state index < -0.39 is 0 Å². The normalized spacial score (nSPS) is 10.7. The molecule has 0 unspecified atom stereocenters. The number of rotatable bonds is 7. The second-order valence-corrected chi connectivity index (χ2v) is 4.92. The summed E-state index contributed by atoms with van der Waals surface area (Å²) >= 11 is 0. The second kappa shape index (κ2) is 7.05. The van der Waals surface area contributed by atoms with Gasteiger partial charge in [-0.2, -0.15) is 0 Å². The monoisotopic (exact) mass is 241 g/mol. The van der Waals surface area contributed by atoms with Crippen LogP contribution in [0.4, 0.5) is 0 Å². The third kappa shape index (κ3) is 3.76. The van der Waals surface area contributed by atoms with Gasteiger partial charge in [0.25, 0.3) is 0 Å². The average Bonchev–Trinajstić information content (AvgIpc) is 2.93. The maximum Gasteiger partial charge on any atom is 0.0449 e. The molecule has 18 heavy (non-hydrogen) atoms. The maximum absolute atomic E-state index is 2.26. The quantitative estimate of drug-likeness (QED) is 0.602. The van der Waals surface area contributed by atoms with E-state index in [0.717, 1.165) is 0 Å². The third-order valence-corrected chi connectivity index (χ3v) is 3.41. The average molecular weight is 241 g/mol. The van der Waals surface area contributed by atoms with E-state index in [1.54, 1.807) is 0 Å². The van der Waals surface area contributed by atoms with E-state index in [1.807, 2.05) is 0 Å². The van der Waals surface area contributed by atoms with Gasteiger partial charge in [0.1, 0.15) is 0 Å². The molecule has 0 spiro atoms. The molecule has 0 aliphatic heterocycles. The highest BCUT2D eigenvalue weighted by Crippen LogP contribution is 2.13. The van der Waals surface area contributed by atoms with E-state index in [1.165, 1.54) is 49.8 Å². The third-order valence-electron chi connectivity index (χ3n) is 3.41. The molecule has 0 fully saturated rings. The van der Waals surface area contributed by atoms with Gasteiger partial charge in [-0.05, 0) is 42.7 Å². The second-order valence-electron chi connectivity index (χ2n) is 4.92. The lowest BCUT2D eigenvalue weighted by Crippen LogP contribution is -1.91. The van der Waals surface area contributed by atoms with E-state index in [4.69, 9.17) is 0 Å². The number of hydrogen-bond acceptors (Lipinski definition) is 0. The highest BCUT2D eigenvalue weighted by molar-refractivity contribution is 5.35. The fourth-order valence-electron chi connectivity index (χ4n) is 2.27. The van der Waals surface area contributed by atoms with Gasteiger partial charge in [0.2, 0.25) is 0 Å². The molecule has 1 nitrogen and oxygen atoms in total. The lowest BCUT2D eigenvalue weighted by Gasteiger charge is -2.05. The van der Waals surface area contributed by atoms with Crippen LogP contribution >= 0.6 is 0 Å². The van der Waals surface area contributed by atoms with Crippen molar-refractivity contribution in [1.29, 1.82) is 0 Å². The molecule has 0 bridgehead atoms. The van der Waals surface area contributed by atoms with Crippen LogP contribution in [0.15, 0.2) is 48.8 Å². The Labute approximate surface area is 110 Å². The van der Waals surface area contributed by atoms with Gasteiger partial charge in [-0.25, -0.2) is 0 Å². The molecule has 1 heterocycles. The molecule has 2 aromatic rings. The van der Waals surface area contributed by atoms with Gasteiger partial charge >= 0.3 is 0 Å². The molecular formula is C17H23N. The van der Waals surface area contributed by atoms with Crippen molar-refractivity contribution in [3.63, 3.8) is 0 Å². The Morgan fingerprint density at radius 3 is 2.17 bits per heavy atom. The van der Waals surface area contributed by atoms with Crippen molar-refractivity contribution in [2.24, 2.45) is 0 Å². The summed E-state index contributed by atoms with van der Waals surface area (Å²) in [6.45, 7) is 2.26. The molecule has 0 amide bonds. The minimum absolute atomic E-state index is 1.22. The minimum atomic E-state index is 1.22. The largest absolute Gasteiger partial charge is 0.324 e. The number of benzene rings is 1. The smallest absolute Gasteiger partial charge is 0.0449 e. The van der Waals surface area contributed by atoms with Crippen molar-refractivity contribution in [1.82, 2.24) is 4.57 Å². The maximum atomic E-state index is 2.26. The van der Waals surface area contributed by atoms with Crippen LogP contribution in [0.3, 0.4) is 0 Å². The molecule has 2 rings (SSSR count). The lowest BCUT2D eigenvalue weighted by molar-refractivity contribution is 0.632. The van der Waals surface area contributed by atoms with Crippen LogP contribution in [-0.4, -0.2) is 4.57 Å². The zero-order chi connectivity index (χ0) is 12.6. The molecule has 96 valence electrons. The van der Waals surface area contributed by atoms with E-state index >= 15 is 0 Å². The highest BCUT2D eigenvalue weighted by atomic mass is 14.9. The van der Waals surface area contributed by atoms with Crippen LogP contribution in [0.25, 0.3) is 5.69 Å². The Morgan fingerprint density at radius 2 is 1.50 bits per heavy atom. The molecule has 0 aliphatic carbocycles. The number of nitrogens with zero attached hydrogens (tertiary/aromatic N) is 1. The van der Waals surface area contributed by atoms with E-state index in [9.17, 15) is 0 Å². The molecule has 1 aromatic heterocycles. The molecule has 1 aromatic carbocycles. The van der Waals surface area contributed by atoms with Gasteiger partial charge in [-0.15, -0.1) is 0 Å². The highest BCUT2D eigenvalue weighted by Gasteiger charge is 1.96. The van der Waals surface area contributed by atoms with Crippen molar-refractivity contribution in [2.75, 3.05) is 0 Å². The van der Waals surface area contributed by atoms with Crippen LogP contribution < -0.4 is 0 Å². The summed E-state index contributed by atoms with van der Waals surface area (Å²) in [6.07, 6.45) is 12.2. The van der Waals surface area contributed by atoms with Gasteiger partial charge in [0.15, 0.2) is 0 Å². The summed E-state index contributed by atoms with van der Waals surface area (Å²) in [6, 6.07) is 13.1. The van der Waals surface area contributed by atoms with Crippen molar-refractivity contribution in [3.05, 3.63) is 54.4 Å². The Kier molecular flexibility index (Phi) is 5.07. The zero-order valence-corrected chi connectivity index (χ0v) is 11.3. The summed E-state index contributed by atoms with van der Waals surface area (Å²) in [7, 11) is 0. The van der Waals surface area contributed by atoms with Gasteiger partial charge in [-0.3, -0.25) is 0 Å². The van der Waals surface area contributed by atoms with Gasteiger partial charge in [0, 0.05) is 18.1 Å². The minimum Gasteiger partial charge on any atom is -0.324 e. The fraction of sp³-hybridized carbons (Fsp3) is 0.412. The lowest BCUT2D eigenvalue weighted by atomic mass is 10.1. The summed E-state index contributed by atoms with van der Waals surface area (Å²) in [4.78, 5) is 0. The number of aromatic nitrogens is 1. The first-order valence-electron chi connectivity index (χ1n) is 7.12. The number of unbranched alkanes of at least 4 members (excludes halogenated alkanes) is 4. The Bertz CT molecular complexity index is 425. The molecule has 0 saturated carbocycles. The predicted octanol–water partition coefficient (Wildman–Crippen LogP) is 4.99. The summed E-state index contributed by atoms with van der Waals surface area (Å²) in [5.74, 6) is 0. The van der Waals surface area contributed by atoms with Crippen LogP contribution in [0.5, 0.6) is 0 Å². The Balaban J connectivity index is 1.81. The molecular weight excluding hydrogens is 218 g/mol. The SMILES string of the molecule is CCCCCCCc1ccc(-n2cccc2)cc1. The van der Waals surface area contributed by atoms with Crippen molar-refractivity contribution >= 4 is 0 Å². The van der Waals surface area contributed by atoms with Crippen molar-refractivity contribution in [3.8, 4) is 5.69 Å². The predicted molar refractivity (Wildman–Crippen MR) is 78.2 cm³/mol. The van der Waals surface area contributed by atoms with E-state index in [2.05, 4.69) is 60.3 Å². The standard InChI is InChI=1S/C17H23N/c1-2-3-4-5-6-9-16-10-12-17(13-11-16)18-14-7-8-15-18/h7-8,10-15H,2-6,9H2,1H3. The fourth-order valence-corrected chi connectivity index (χ4v) is 2.27. The van der Waals surface area contributed by atoms with Gasteiger partial charge < -0.3 is 4.57 Å². The molecule has 0 aliphatic rings. The first-order valence-corrected chi connectivity index (χ1v) is 7.12. The molecule has 0 radical (unpaired) electrons. The van der Waals surface area contributed by atoms with Crippen molar-refractivity contribution in [2.45, 2.75) is 45.4 Å². The van der Waals surface area contributed by atoms with Crippen LogP contribution in [0, 0.1) is 0 Å². The first kappa shape index (κ1) is 12.9. The van der Waals surface area contributed by atoms with Crippen LogP contribution in [0.2, 0.25) is 0 Å². The number of hydrogen-bond donors (Lipinski definition) is 0. The van der Waals surface area contributed by atoms with Gasteiger partial charge in [0.05, 0.1) is 0 Å². The molecule has 1 heteroatoms. The molecule has 0 atom stereocenters. The Hall–Kier alpha value is -1.50. The Morgan fingerprint density at radius 1 is 0.833 bits per heavy atom. The van der Waals surface area contributed by atoms with Crippen LogP contribution in [-0.2, 0) is 6.42 Å². The van der Waals surface area contributed by atoms with Crippen molar-refractivity contribution < 1.29 is 0 Å². The molecule has 0 N–H and O–H groups in total.